The number of ether oxygens (including phenoxy) is 1. The van der Waals surface area contributed by atoms with Crippen molar-refractivity contribution in [3.05, 3.63) is 113 Å². The summed E-state index contributed by atoms with van der Waals surface area (Å²) >= 11 is 0. The van der Waals surface area contributed by atoms with E-state index in [4.69, 9.17) is 4.74 Å². The third-order valence-corrected chi connectivity index (χ3v) is 5.61. The maximum Gasteiger partial charge on any atom is 0.226 e. The Balaban J connectivity index is 1.63. The van der Waals surface area contributed by atoms with Gasteiger partial charge < -0.3 is 10.1 Å². The van der Waals surface area contributed by atoms with Crippen molar-refractivity contribution in [1.82, 2.24) is 14.8 Å². The number of halogens is 1. The summed E-state index contributed by atoms with van der Waals surface area (Å²) in [5, 5.41) is 7.93. The van der Waals surface area contributed by atoms with Gasteiger partial charge in [-0.25, -0.2) is 9.07 Å². The molecule has 0 radical (unpaired) electrons. The molecule has 1 N–H and O–H groups in total. The molecular weight excluding hydrogens is 379 g/mol. The minimum Gasteiger partial charge on any atom is -0.480 e. The molecule has 6 rings (SSSR count). The van der Waals surface area contributed by atoms with Gasteiger partial charge in [-0.15, -0.1) is 0 Å². The zero-order chi connectivity index (χ0) is 20.1. The van der Waals surface area contributed by atoms with Gasteiger partial charge in [-0.2, -0.15) is 10.1 Å². The number of nitrogens with one attached hydrogen (secondary N) is 1. The third-order valence-electron chi connectivity index (χ3n) is 5.61. The summed E-state index contributed by atoms with van der Waals surface area (Å²) in [6.45, 7) is 0. The second kappa shape index (κ2) is 6.56. The average molecular weight is 396 g/mol. The third kappa shape index (κ3) is 2.54. The highest BCUT2D eigenvalue weighted by molar-refractivity contribution is 5.85. The van der Waals surface area contributed by atoms with Gasteiger partial charge in [0.05, 0.1) is 5.70 Å². The lowest BCUT2D eigenvalue weighted by molar-refractivity contribution is 0.223. The van der Waals surface area contributed by atoms with Crippen LogP contribution in [0.15, 0.2) is 90.8 Å². The number of anilines is 1. The van der Waals surface area contributed by atoms with Gasteiger partial charge in [-0.1, -0.05) is 54.6 Å². The Labute approximate surface area is 172 Å². The minimum atomic E-state index is -0.323. The summed E-state index contributed by atoms with van der Waals surface area (Å²) in [5.74, 6) is 1.18. The van der Waals surface area contributed by atoms with Crippen LogP contribution >= 0.6 is 0 Å². The van der Waals surface area contributed by atoms with Crippen molar-refractivity contribution >= 4 is 11.6 Å². The molecular formula is C24H17FN4O. The molecule has 146 valence electrons. The molecule has 3 aromatic carbocycles. The Morgan fingerprint density at radius 2 is 1.63 bits per heavy atom. The first-order valence-corrected chi connectivity index (χ1v) is 9.76. The molecule has 0 bridgehead atoms. The molecule has 0 amide bonds. The Morgan fingerprint density at radius 1 is 0.867 bits per heavy atom. The zero-order valence-electron chi connectivity index (χ0n) is 15.9. The molecule has 2 aliphatic heterocycles. The normalized spacial score (nSPS) is 19.2. The maximum absolute atomic E-state index is 13.7. The SMILES string of the molecule is Fc1ccc([C@@H]2C3=C(Nc4ncnn42)c2ccccc2O[C@H]3c2ccccc2)cc1. The molecule has 0 saturated heterocycles. The fourth-order valence-electron chi connectivity index (χ4n) is 4.29. The number of para-hydroxylation sites is 1. The van der Waals surface area contributed by atoms with Gasteiger partial charge in [0.15, 0.2) is 0 Å². The van der Waals surface area contributed by atoms with Crippen LogP contribution in [0.1, 0.15) is 28.8 Å². The predicted octanol–water partition coefficient (Wildman–Crippen LogP) is 4.98. The van der Waals surface area contributed by atoms with E-state index in [1.807, 2.05) is 47.1 Å². The van der Waals surface area contributed by atoms with Gasteiger partial charge in [0.1, 0.15) is 30.0 Å². The van der Waals surface area contributed by atoms with Crippen molar-refractivity contribution in [2.75, 3.05) is 5.32 Å². The number of nitrogens with zero attached hydrogens (tertiary/aromatic N) is 3. The summed E-state index contributed by atoms with van der Waals surface area (Å²) in [6.07, 6.45) is 1.21. The number of benzene rings is 3. The Morgan fingerprint density at radius 3 is 2.47 bits per heavy atom. The van der Waals surface area contributed by atoms with Crippen LogP contribution in [0.2, 0.25) is 0 Å². The Bertz CT molecular complexity index is 1260. The molecule has 5 nitrogen and oxygen atoms in total. The lowest BCUT2D eigenvalue weighted by atomic mass is 9.84. The molecule has 0 spiro atoms. The van der Waals surface area contributed by atoms with Gasteiger partial charge in [-0.3, -0.25) is 0 Å². The summed E-state index contributed by atoms with van der Waals surface area (Å²) < 4.78 is 22.0. The minimum absolute atomic E-state index is 0.273. The van der Waals surface area contributed by atoms with E-state index < -0.39 is 0 Å². The lowest BCUT2D eigenvalue weighted by Gasteiger charge is -2.38. The largest absolute Gasteiger partial charge is 0.480 e. The van der Waals surface area contributed by atoms with Crippen LogP contribution in [0.3, 0.4) is 0 Å². The van der Waals surface area contributed by atoms with E-state index in [0.717, 1.165) is 33.7 Å². The number of hydrogen-bond acceptors (Lipinski definition) is 4. The van der Waals surface area contributed by atoms with Crippen LogP contribution in [0.4, 0.5) is 10.3 Å². The molecule has 0 aliphatic carbocycles. The van der Waals surface area contributed by atoms with E-state index >= 15 is 0 Å². The van der Waals surface area contributed by atoms with Gasteiger partial charge in [0.2, 0.25) is 5.95 Å². The zero-order valence-corrected chi connectivity index (χ0v) is 15.9. The highest BCUT2D eigenvalue weighted by Gasteiger charge is 2.40. The summed E-state index contributed by atoms with van der Waals surface area (Å²) in [6, 6.07) is 24.3. The van der Waals surface area contributed by atoms with Gasteiger partial charge >= 0.3 is 0 Å². The van der Waals surface area contributed by atoms with Crippen molar-refractivity contribution in [3.63, 3.8) is 0 Å². The highest BCUT2D eigenvalue weighted by Crippen LogP contribution is 2.50. The Kier molecular flexibility index (Phi) is 3.71. The molecule has 0 unspecified atom stereocenters. The molecule has 3 heterocycles. The molecule has 1 aromatic heterocycles. The molecule has 2 atom stereocenters. The topological polar surface area (TPSA) is 52.0 Å². The van der Waals surface area contributed by atoms with Crippen molar-refractivity contribution in [2.45, 2.75) is 12.1 Å². The van der Waals surface area contributed by atoms with Crippen LogP contribution < -0.4 is 10.1 Å². The van der Waals surface area contributed by atoms with Crippen LogP contribution in [0.25, 0.3) is 5.70 Å². The van der Waals surface area contributed by atoms with Crippen molar-refractivity contribution in [2.24, 2.45) is 0 Å². The fourth-order valence-corrected chi connectivity index (χ4v) is 4.29. The molecule has 2 aliphatic rings. The second-order valence-corrected chi connectivity index (χ2v) is 7.34. The molecule has 4 aromatic rings. The number of hydrogen-bond donors (Lipinski definition) is 1. The first-order chi connectivity index (χ1) is 14.8. The number of fused-ring (bicyclic) bond motifs is 3. The van der Waals surface area contributed by atoms with Crippen LogP contribution in [-0.2, 0) is 0 Å². The van der Waals surface area contributed by atoms with Gasteiger partial charge in [0, 0.05) is 11.1 Å². The second-order valence-electron chi connectivity index (χ2n) is 7.34. The van der Waals surface area contributed by atoms with Crippen LogP contribution in [0, 0.1) is 5.82 Å². The highest BCUT2D eigenvalue weighted by atomic mass is 19.1. The first kappa shape index (κ1) is 17.0. The molecule has 0 saturated carbocycles. The molecule has 0 fully saturated rings. The fraction of sp³-hybridized carbons (Fsp3) is 0.0833. The molecule has 6 heteroatoms. The van der Waals surface area contributed by atoms with E-state index in [1.54, 1.807) is 12.1 Å². The number of aromatic nitrogens is 3. The summed E-state index contributed by atoms with van der Waals surface area (Å²) in [7, 11) is 0. The van der Waals surface area contributed by atoms with E-state index in [9.17, 15) is 4.39 Å². The average Bonchev–Trinajstić information content (AvgIpc) is 3.27. The summed E-state index contributed by atoms with van der Waals surface area (Å²) in [5.41, 5.74) is 4.91. The van der Waals surface area contributed by atoms with Crippen molar-refractivity contribution in [3.8, 4) is 5.75 Å². The quantitative estimate of drug-likeness (QED) is 0.519. The van der Waals surface area contributed by atoms with Crippen LogP contribution in [0.5, 0.6) is 5.75 Å². The van der Waals surface area contributed by atoms with Crippen molar-refractivity contribution < 1.29 is 9.13 Å². The lowest BCUT2D eigenvalue weighted by Crippen LogP contribution is -2.32. The standard InChI is InChI=1S/C24H17FN4O/c25-17-12-10-15(11-13-17)22-20-21(28-24-26-14-27-29(22)24)18-8-4-5-9-19(18)30-23(20)16-6-2-1-3-7-16/h1-14,22-23H,(H,26,27,28)/t22-,23+/m1/s1. The van der Waals surface area contributed by atoms with Crippen molar-refractivity contribution in [1.29, 1.82) is 0 Å². The maximum atomic E-state index is 13.7. The van der Waals surface area contributed by atoms with Gasteiger partial charge in [-0.05, 0) is 35.4 Å². The Hall–Kier alpha value is -3.93. The predicted molar refractivity (Wildman–Crippen MR) is 111 cm³/mol. The number of rotatable bonds is 2. The smallest absolute Gasteiger partial charge is 0.226 e. The van der Waals surface area contributed by atoms with Crippen LogP contribution in [-0.4, -0.2) is 14.8 Å². The van der Waals surface area contributed by atoms with E-state index in [0.29, 0.717) is 5.95 Å². The van der Waals surface area contributed by atoms with E-state index in [-0.39, 0.29) is 18.0 Å². The van der Waals surface area contributed by atoms with E-state index in [1.165, 1.54) is 18.5 Å². The summed E-state index contributed by atoms with van der Waals surface area (Å²) in [4.78, 5) is 4.40. The first-order valence-electron chi connectivity index (χ1n) is 9.76. The monoisotopic (exact) mass is 396 g/mol. The molecule has 30 heavy (non-hydrogen) atoms. The van der Waals surface area contributed by atoms with E-state index in [2.05, 4.69) is 27.5 Å². The van der Waals surface area contributed by atoms with Gasteiger partial charge in [0.25, 0.3) is 0 Å².